The van der Waals surface area contributed by atoms with Crippen molar-refractivity contribution in [2.45, 2.75) is 58.7 Å². The highest BCUT2D eigenvalue weighted by Crippen LogP contribution is 2.23. The van der Waals surface area contributed by atoms with Crippen molar-refractivity contribution < 1.29 is 4.79 Å². The Morgan fingerprint density at radius 1 is 1.19 bits per heavy atom. The van der Waals surface area contributed by atoms with Crippen molar-refractivity contribution in [3.05, 3.63) is 47.5 Å². The van der Waals surface area contributed by atoms with E-state index in [1.54, 1.807) is 0 Å². The third-order valence-corrected chi connectivity index (χ3v) is 5.15. The van der Waals surface area contributed by atoms with Crippen LogP contribution in [0.2, 0.25) is 0 Å². The number of carbonyl (C=O) groups excluding carboxylic acids is 1. The van der Waals surface area contributed by atoms with Crippen LogP contribution < -0.4 is 5.32 Å². The molecule has 1 amide bonds. The van der Waals surface area contributed by atoms with Crippen LogP contribution in [0.4, 0.5) is 0 Å². The number of rotatable bonds is 7. The fourth-order valence-electron chi connectivity index (χ4n) is 3.65. The maximum absolute atomic E-state index is 13.1. The molecule has 2 aromatic rings. The predicted octanol–water partition coefficient (Wildman–Crippen LogP) is 2.87. The average molecular weight is 355 g/mol. The molecule has 1 aliphatic rings. The molecule has 2 heterocycles. The van der Waals surface area contributed by atoms with Crippen LogP contribution in [0, 0.1) is 0 Å². The number of nitrogens with zero attached hydrogens (tertiary/aromatic N) is 4. The summed E-state index contributed by atoms with van der Waals surface area (Å²) < 4.78 is 2.21. The summed E-state index contributed by atoms with van der Waals surface area (Å²) in [7, 11) is 0. The van der Waals surface area contributed by atoms with Gasteiger partial charge in [0, 0.05) is 26.1 Å². The van der Waals surface area contributed by atoms with Crippen LogP contribution in [-0.4, -0.2) is 38.7 Å². The molecule has 140 valence electrons. The zero-order valence-corrected chi connectivity index (χ0v) is 16.0. The highest BCUT2D eigenvalue weighted by molar-refractivity contribution is 5.83. The molecule has 0 saturated heterocycles. The first-order valence-corrected chi connectivity index (χ1v) is 9.67. The van der Waals surface area contributed by atoms with Crippen LogP contribution in [0.25, 0.3) is 0 Å². The fourth-order valence-corrected chi connectivity index (χ4v) is 3.65. The van der Waals surface area contributed by atoms with E-state index in [4.69, 9.17) is 0 Å². The number of benzene rings is 1. The molecule has 0 saturated carbocycles. The number of fused-ring (bicyclic) bond motifs is 1. The molecule has 3 rings (SSSR count). The lowest BCUT2D eigenvalue weighted by Gasteiger charge is -2.28. The standard InChI is InChI=1S/C20H29N5O/c1-4-24(5-2)20(26)18(16-11-7-6-8-12-16)21-15(3)19-23-22-17-13-9-10-14-25(17)19/h6-8,11-12,15,18,21H,4-5,9-10,13-14H2,1-3H3/t15-,18-/m1/s1. The second kappa shape index (κ2) is 8.45. The molecular weight excluding hydrogens is 326 g/mol. The summed E-state index contributed by atoms with van der Waals surface area (Å²) in [6, 6.07) is 9.49. The number of hydrogen-bond donors (Lipinski definition) is 1. The van der Waals surface area contributed by atoms with Gasteiger partial charge in [-0.3, -0.25) is 10.1 Å². The van der Waals surface area contributed by atoms with Crippen LogP contribution in [-0.2, 0) is 17.8 Å². The van der Waals surface area contributed by atoms with Gasteiger partial charge in [0.15, 0.2) is 0 Å². The van der Waals surface area contributed by atoms with Gasteiger partial charge >= 0.3 is 0 Å². The van der Waals surface area contributed by atoms with Crippen molar-refractivity contribution in [1.82, 2.24) is 25.0 Å². The fraction of sp³-hybridized carbons (Fsp3) is 0.550. The Labute approximate surface area is 155 Å². The van der Waals surface area contributed by atoms with Crippen LogP contribution in [0.1, 0.15) is 62.9 Å². The number of carbonyl (C=O) groups is 1. The van der Waals surface area contributed by atoms with E-state index in [-0.39, 0.29) is 18.0 Å². The number of likely N-dealkylation sites (N-methyl/N-ethyl adjacent to an activating group) is 1. The SMILES string of the molecule is CCN(CC)C(=O)[C@H](N[C@H](C)c1nnc2n1CCCC2)c1ccccc1. The molecular formula is C20H29N5O. The summed E-state index contributed by atoms with van der Waals surface area (Å²) in [5.74, 6) is 2.09. The zero-order valence-electron chi connectivity index (χ0n) is 16.0. The van der Waals surface area contributed by atoms with Gasteiger partial charge < -0.3 is 9.47 Å². The summed E-state index contributed by atoms with van der Waals surface area (Å²) in [5, 5.41) is 12.3. The summed E-state index contributed by atoms with van der Waals surface area (Å²) in [6.45, 7) is 8.47. The van der Waals surface area contributed by atoms with Crippen molar-refractivity contribution in [3.63, 3.8) is 0 Å². The van der Waals surface area contributed by atoms with Crippen LogP contribution in [0.3, 0.4) is 0 Å². The van der Waals surface area contributed by atoms with Gasteiger partial charge in [-0.25, -0.2) is 0 Å². The number of aryl methyl sites for hydroxylation is 1. The van der Waals surface area contributed by atoms with E-state index in [0.29, 0.717) is 13.1 Å². The Balaban J connectivity index is 1.85. The summed E-state index contributed by atoms with van der Waals surface area (Å²) >= 11 is 0. The first kappa shape index (κ1) is 18.6. The lowest BCUT2D eigenvalue weighted by molar-refractivity contribution is -0.133. The number of aromatic nitrogens is 3. The molecule has 26 heavy (non-hydrogen) atoms. The Bertz CT molecular complexity index is 723. The third kappa shape index (κ3) is 3.80. The molecule has 1 aliphatic heterocycles. The van der Waals surface area contributed by atoms with Crippen LogP contribution in [0.15, 0.2) is 30.3 Å². The Kier molecular flexibility index (Phi) is 6.04. The maximum Gasteiger partial charge on any atom is 0.244 e. The second-order valence-electron chi connectivity index (χ2n) is 6.83. The summed E-state index contributed by atoms with van der Waals surface area (Å²) in [4.78, 5) is 15.0. The molecule has 1 aromatic heterocycles. The number of hydrogen-bond acceptors (Lipinski definition) is 4. The molecule has 0 unspecified atom stereocenters. The molecule has 2 atom stereocenters. The van der Waals surface area contributed by atoms with Gasteiger partial charge in [-0.2, -0.15) is 0 Å². The monoisotopic (exact) mass is 355 g/mol. The van der Waals surface area contributed by atoms with Gasteiger partial charge in [0.2, 0.25) is 5.91 Å². The third-order valence-electron chi connectivity index (χ3n) is 5.15. The molecule has 6 nitrogen and oxygen atoms in total. The minimum Gasteiger partial charge on any atom is -0.342 e. The molecule has 0 fully saturated rings. The van der Waals surface area contributed by atoms with Crippen LogP contribution >= 0.6 is 0 Å². The molecule has 1 N–H and O–H groups in total. The van der Waals surface area contributed by atoms with E-state index in [9.17, 15) is 4.79 Å². The van der Waals surface area contributed by atoms with E-state index in [0.717, 1.165) is 36.6 Å². The predicted molar refractivity (Wildman–Crippen MR) is 102 cm³/mol. The minimum atomic E-state index is -0.386. The molecule has 0 spiro atoms. The Morgan fingerprint density at radius 2 is 1.92 bits per heavy atom. The van der Waals surface area contributed by atoms with Crippen LogP contribution in [0.5, 0.6) is 0 Å². The zero-order chi connectivity index (χ0) is 18.5. The van der Waals surface area contributed by atoms with Crippen molar-refractivity contribution >= 4 is 5.91 Å². The van der Waals surface area contributed by atoms with Gasteiger partial charge in [-0.15, -0.1) is 10.2 Å². The molecule has 0 bridgehead atoms. The van der Waals surface area contributed by atoms with Gasteiger partial charge in [0.25, 0.3) is 0 Å². The van der Waals surface area contributed by atoms with E-state index < -0.39 is 0 Å². The second-order valence-corrected chi connectivity index (χ2v) is 6.83. The van der Waals surface area contributed by atoms with Crippen molar-refractivity contribution in [3.8, 4) is 0 Å². The maximum atomic E-state index is 13.1. The minimum absolute atomic E-state index is 0.0564. The first-order chi connectivity index (χ1) is 12.7. The summed E-state index contributed by atoms with van der Waals surface area (Å²) in [5.41, 5.74) is 0.981. The highest BCUT2D eigenvalue weighted by atomic mass is 16.2. The van der Waals surface area contributed by atoms with E-state index >= 15 is 0 Å². The van der Waals surface area contributed by atoms with Crippen molar-refractivity contribution in [2.75, 3.05) is 13.1 Å². The van der Waals surface area contributed by atoms with Gasteiger partial charge in [0.1, 0.15) is 17.7 Å². The lowest BCUT2D eigenvalue weighted by Crippen LogP contribution is -2.42. The topological polar surface area (TPSA) is 63.1 Å². The Hall–Kier alpha value is -2.21. The number of nitrogens with one attached hydrogen (secondary N) is 1. The quantitative estimate of drug-likeness (QED) is 0.829. The number of amides is 1. The van der Waals surface area contributed by atoms with Crippen molar-refractivity contribution in [2.24, 2.45) is 0 Å². The molecule has 6 heteroatoms. The van der Waals surface area contributed by atoms with E-state index in [1.165, 1.54) is 6.42 Å². The highest BCUT2D eigenvalue weighted by Gasteiger charge is 2.28. The largest absolute Gasteiger partial charge is 0.342 e. The lowest BCUT2D eigenvalue weighted by atomic mass is 10.0. The van der Waals surface area contributed by atoms with Gasteiger partial charge in [-0.1, -0.05) is 30.3 Å². The Morgan fingerprint density at radius 3 is 2.62 bits per heavy atom. The molecule has 0 radical (unpaired) electrons. The average Bonchev–Trinajstić information content (AvgIpc) is 3.11. The smallest absolute Gasteiger partial charge is 0.244 e. The van der Waals surface area contributed by atoms with E-state index in [1.807, 2.05) is 49.1 Å². The van der Waals surface area contributed by atoms with E-state index in [2.05, 4.69) is 27.0 Å². The van der Waals surface area contributed by atoms with Crippen molar-refractivity contribution in [1.29, 1.82) is 0 Å². The summed E-state index contributed by atoms with van der Waals surface area (Å²) in [6.07, 6.45) is 3.32. The molecule has 0 aliphatic carbocycles. The van der Waals surface area contributed by atoms with Gasteiger partial charge in [0.05, 0.1) is 6.04 Å². The van der Waals surface area contributed by atoms with Gasteiger partial charge in [-0.05, 0) is 39.2 Å². The molecule has 1 aromatic carbocycles. The normalized spacial score (nSPS) is 16.0. The first-order valence-electron chi connectivity index (χ1n) is 9.67.